The van der Waals surface area contributed by atoms with E-state index in [-0.39, 0.29) is 22.6 Å². The molecule has 5 heteroatoms. The molecule has 1 saturated heterocycles. The van der Waals surface area contributed by atoms with Crippen LogP contribution in [0.2, 0.25) is 0 Å². The molecular weight excluding hydrogens is 284 g/mol. The second-order valence-electron chi connectivity index (χ2n) is 6.92. The topological polar surface area (TPSA) is 49.4 Å². The lowest BCUT2D eigenvalue weighted by Gasteiger charge is -2.35. The predicted octanol–water partition coefficient (Wildman–Crippen LogP) is 2.43. The zero-order valence-electron chi connectivity index (χ0n) is 13.5. The van der Waals surface area contributed by atoms with Crippen molar-refractivity contribution in [2.75, 3.05) is 19.3 Å². The molecule has 4 nitrogen and oxygen atoms in total. The molecule has 1 unspecified atom stereocenters. The minimum atomic E-state index is -0.294. The van der Waals surface area contributed by atoms with Crippen molar-refractivity contribution in [2.45, 2.75) is 63.2 Å². The third-order valence-electron chi connectivity index (χ3n) is 4.75. The van der Waals surface area contributed by atoms with E-state index in [0.717, 1.165) is 12.8 Å². The molecule has 1 saturated carbocycles. The van der Waals surface area contributed by atoms with Crippen molar-refractivity contribution in [3.05, 3.63) is 0 Å². The molecule has 2 amide bonds. The van der Waals surface area contributed by atoms with E-state index in [4.69, 9.17) is 0 Å². The van der Waals surface area contributed by atoms with Crippen LogP contribution in [-0.4, -0.2) is 46.8 Å². The van der Waals surface area contributed by atoms with Crippen LogP contribution in [0.5, 0.6) is 0 Å². The van der Waals surface area contributed by atoms with Crippen LogP contribution in [0.4, 0.5) is 0 Å². The average molecular weight is 312 g/mol. The molecule has 2 rings (SSSR count). The summed E-state index contributed by atoms with van der Waals surface area (Å²) >= 11 is 1.77. The molecule has 2 aliphatic rings. The largest absolute Gasteiger partial charge is 0.344 e. The molecular formula is C16H28N2O2S. The monoisotopic (exact) mass is 312 g/mol. The molecule has 21 heavy (non-hydrogen) atoms. The number of rotatable bonds is 4. The SMILES string of the molecule is CSC(C)(C)CN1CCC(=O)NC(C2CCCCC2)C1=O. The summed E-state index contributed by atoms with van der Waals surface area (Å²) in [4.78, 5) is 26.8. The van der Waals surface area contributed by atoms with Crippen LogP contribution in [0.15, 0.2) is 0 Å². The van der Waals surface area contributed by atoms with Gasteiger partial charge in [0.05, 0.1) is 0 Å². The number of nitrogens with one attached hydrogen (secondary N) is 1. The fourth-order valence-electron chi connectivity index (χ4n) is 3.32. The number of carbonyl (C=O) groups is 2. The van der Waals surface area contributed by atoms with Crippen molar-refractivity contribution in [1.82, 2.24) is 10.2 Å². The maximum atomic E-state index is 12.9. The highest BCUT2D eigenvalue weighted by molar-refractivity contribution is 7.99. The van der Waals surface area contributed by atoms with Gasteiger partial charge in [-0.25, -0.2) is 0 Å². The van der Waals surface area contributed by atoms with Gasteiger partial charge in [-0.2, -0.15) is 11.8 Å². The Morgan fingerprint density at radius 3 is 2.52 bits per heavy atom. The van der Waals surface area contributed by atoms with Gasteiger partial charge in [0.1, 0.15) is 6.04 Å². The zero-order valence-corrected chi connectivity index (χ0v) is 14.3. The molecule has 1 aliphatic carbocycles. The fraction of sp³-hybridized carbons (Fsp3) is 0.875. The second kappa shape index (κ2) is 7.03. The number of carbonyl (C=O) groups excluding carboxylic acids is 2. The van der Waals surface area contributed by atoms with Crippen molar-refractivity contribution in [2.24, 2.45) is 5.92 Å². The maximum Gasteiger partial charge on any atom is 0.245 e. The van der Waals surface area contributed by atoms with Crippen LogP contribution >= 0.6 is 11.8 Å². The van der Waals surface area contributed by atoms with Crippen LogP contribution in [0, 0.1) is 5.92 Å². The number of hydrogen-bond acceptors (Lipinski definition) is 3. The Labute approximate surface area is 132 Å². The molecule has 2 fully saturated rings. The minimum absolute atomic E-state index is 0.0279. The van der Waals surface area contributed by atoms with E-state index in [9.17, 15) is 9.59 Å². The first-order valence-corrected chi connectivity index (χ1v) is 9.29. The Balaban J connectivity index is 2.11. The highest BCUT2D eigenvalue weighted by atomic mass is 32.2. The summed E-state index contributed by atoms with van der Waals surface area (Å²) < 4.78 is 0.0279. The molecule has 1 aliphatic heterocycles. The molecule has 1 atom stereocenters. The van der Waals surface area contributed by atoms with E-state index >= 15 is 0 Å². The molecule has 0 radical (unpaired) electrons. The summed E-state index contributed by atoms with van der Waals surface area (Å²) in [7, 11) is 0. The molecule has 0 aromatic carbocycles. The van der Waals surface area contributed by atoms with Crippen LogP contribution in [0.1, 0.15) is 52.4 Å². The van der Waals surface area contributed by atoms with Gasteiger partial charge in [0.15, 0.2) is 0 Å². The van der Waals surface area contributed by atoms with E-state index in [1.54, 1.807) is 11.8 Å². The molecule has 0 aromatic heterocycles. The standard InChI is InChI=1S/C16H28N2O2S/c1-16(2,21-3)11-18-10-9-13(19)17-14(15(18)20)12-7-5-4-6-8-12/h12,14H,4-11H2,1-3H3,(H,17,19). The Hall–Kier alpha value is -0.710. The zero-order chi connectivity index (χ0) is 15.5. The van der Waals surface area contributed by atoms with Gasteiger partial charge in [0, 0.05) is 24.3 Å². The average Bonchev–Trinajstić information content (AvgIpc) is 2.61. The molecule has 120 valence electrons. The highest BCUT2D eigenvalue weighted by Gasteiger charge is 2.37. The Kier molecular flexibility index (Phi) is 5.58. The summed E-state index contributed by atoms with van der Waals surface area (Å²) in [5, 5.41) is 3.00. The van der Waals surface area contributed by atoms with E-state index in [1.807, 2.05) is 4.90 Å². The lowest BCUT2D eigenvalue weighted by molar-refractivity contribution is -0.135. The first-order valence-electron chi connectivity index (χ1n) is 8.06. The van der Waals surface area contributed by atoms with Crippen LogP contribution in [-0.2, 0) is 9.59 Å². The third-order valence-corrected chi connectivity index (χ3v) is 5.98. The van der Waals surface area contributed by atoms with Crippen molar-refractivity contribution in [3.8, 4) is 0 Å². The number of amides is 2. The van der Waals surface area contributed by atoms with Crippen molar-refractivity contribution in [1.29, 1.82) is 0 Å². The van der Waals surface area contributed by atoms with Gasteiger partial charge in [-0.05, 0) is 38.9 Å². The number of nitrogens with zero attached hydrogens (tertiary/aromatic N) is 1. The smallest absolute Gasteiger partial charge is 0.245 e. The van der Waals surface area contributed by atoms with Crippen LogP contribution in [0.25, 0.3) is 0 Å². The van der Waals surface area contributed by atoms with Gasteiger partial charge >= 0.3 is 0 Å². The Morgan fingerprint density at radius 1 is 1.24 bits per heavy atom. The van der Waals surface area contributed by atoms with E-state index in [0.29, 0.717) is 25.4 Å². The minimum Gasteiger partial charge on any atom is -0.344 e. The lowest BCUT2D eigenvalue weighted by atomic mass is 9.83. The van der Waals surface area contributed by atoms with Gasteiger partial charge in [-0.3, -0.25) is 9.59 Å². The van der Waals surface area contributed by atoms with Crippen LogP contribution < -0.4 is 5.32 Å². The third kappa shape index (κ3) is 4.38. The van der Waals surface area contributed by atoms with Gasteiger partial charge in [-0.1, -0.05) is 19.3 Å². The molecule has 1 N–H and O–H groups in total. The van der Waals surface area contributed by atoms with Crippen molar-refractivity contribution < 1.29 is 9.59 Å². The Morgan fingerprint density at radius 2 is 1.90 bits per heavy atom. The highest BCUT2D eigenvalue weighted by Crippen LogP contribution is 2.29. The van der Waals surface area contributed by atoms with Gasteiger partial charge in [-0.15, -0.1) is 0 Å². The van der Waals surface area contributed by atoms with E-state index in [2.05, 4.69) is 25.4 Å². The second-order valence-corrected chi connectivity index (χ2v) is 8.43. The first-order chi connectivity index (χ1) is 9.93. The number of thioether (sulfide) groups is 1. The predicted molar refractivity (Wildman–Crippen MR) is 87.3 cm³/mol. The molecule has 1 heterocycles. The van der Waals surface area contributed by atoms with E-state index in [1.165, 1.54) is 19.3 Å². The van der Waals surface area contributed by atoms with Crippen molar-refractivity contribution in [3.63, 3.8) is 0 Å². The summed E-state index contributed by atoms with van der Waals surface area (Å²) in [6.07, 6.45) is 8.26. The summed E-state index contributed by atoms with van der Waals surface area (Å²) in [5.74, 6) is 0.492. The lowest BCUT2D eigenvalue weighted by Crippen LogP contribution is -2.51. The van der Waals surface area contributed by atoms with Crippen LogP contribution in [0.3, 0.4) is 0 Å². The Bertz CT molecular complexity index is 392. The summed E-state index contributed by atoms with van der Waals surface area (Å²) in [5.41, 5.74) is 0. The van der Waals surface area contributed by atoms with Crippen molar-refractivity contribution >= 4 is 23.6 Å². The van der Waals surface area contributed by atoms with Gasteiger partial charge < -0.3 is 10.2 Å². The quantitative estimate of drug-likeness (QED) is 0.867. The van der Waals surface area contributed by atoms with Gasteiger partial charge in [0.25, 0.3) is 0 Å². The normalized spacial score (nSPS) is 25.7. The molecule has 0 aromatic rings. The summed E-state index contributed by atoms with van der Waals surface area (Å²) in [6, 6.07) is -0.294. The molecule has 0 spiro atoms. The molecule has 0 bridgehead atoms. The summed E-state index contributed by atoms with van der Waals surface area (Å²) in [6.45, 7) is 5.57. The van der Waals surface area contributed by atoms with Gasteiger partial charge in [0.2, 0.25) is 11.8 Å². The maximum absolute atomic E-state index is 12.9. The number of hydrogen-bond donors (Lipinski definition) is 1. The van der Waals surface area contributed by atoms with E-state index < -0.39 is 0 Å². The first kappa shape index (κ1) is 16.7. The fourth-order valence-corrected chi connectivity index (χ4v) is 3.60.